The molecule has 0 heterocycles. The minimum atomic E-state index is -3.44. The van der Waals surface area contributed by atoms with Crippen molar-refractivity contribution in [3.63, 3.8) is 0 Å². The summed E-state index contributed by atoms with van der Waals surface area (Å²) in [4.78, 5) is 0.286. The van der Waals surface area contributed by atoms with Crippen molar-refractivity contribution in [2.45, 2.75) is 31.2 Å². The average molecular weight is 318 g/mol. The summed E-state index contributed by atoms with van der Waals surface area (Å²) in [6, 6.07) is 4.82. The van der Waals surface area contributed by atoms with Crippen LogP contribution in [-0.2, 0) is 10.0 Å². The lowest BCUT2D eigenvalue weighted by molar-refractivity contribution is 0.562. The topological polar surface area (TPSA) is 46.2 Å². The molecule has 1 unspecified atom stereocenters. The summed E-state index contributed by atoms with van der Waals surface area (Å²) >= 11 is 3.34. The van der Waals surface area contributed by atoms with Gasteiger partial charge in [0.25, 0.3) is 0 Å². The molecule has 94 valence electrons. The molecule has 17 heavy (non-hydrogen) atoms. The van der Waals surface area contributed by atoms with Gasteiger partial charge in [-0.2, -0.15) is 0 Å². The highest BCUT2D eigenvalue weighted by Gasteiger charge is 2.17. The van der Waals surface area contributed by atoms with Crippen LogP contribution in [0.2, 0.25) is 0 Å². The van der Waals surface area contributed by atoms with Crippen LogP contribution in [0.1, 0.15) is 18.9 Å². The highest BCUT2D eigenvalue weighted by Crippen LogP contribution is 2.20. The van der Waals surface area contributed by atoms with Crippen molar-refractivity contribution in [1.82, 2.24) is 4.72 Å². The van der Waals surface area contributed by atoms with Gasteiger partial charge in [0, 0.05) is 10.5 Å². The number of sulfonamides is 1. The van der Waals surface area contributed by atoms with Crippen LogP contribution in [0.15, 0.2) is 40.2 Å². The summed E-state index contributed by atoms with van der Waals surface area (Å²) in [6.07, 6.45) is 2.30. The monoisotopic (exact) mass is 317 g/mol. The van der Waals surface area contributed by atoms with Crippen LogP contribution in [0.5, 0.6) is 0 Å². The fourth-order valence-electron chi connectivity index (χ4n) is 1.42. The Morgan fingerprint density at radius 1 is 1.53 bits per heavy atom. The molecular weight excluding hydrogens is 302 g/mol. The van der Waals surface area contributed by atoms with E-state index in [2.05, 4.69) is 27.2 Å². The van der Waals surface area contributed by atoms with Crippen LogP contribution in [0, 0.1) is 6.92 Å². The molecule has 0 saturated carbocycles. The minimum Gasteiger partial charge on any atom is -0.208 e. The third-order valence-corrected chi connectivity index (χ3v) is 4.79. The zero-order valence-corrected chi connectivity index (χ0v) is 12.3. The second-order valence-corrected chi connectivity index (χ2v) is 6.53. The third-order valence-electron chi connectivity index (χ3n) is 2.32. The Balaban J connectivity index is 2.97. The fraction of sp³-hybridized carbons (Fsp3) is 0.333. The lowest BCUT2D eigenvalue weighted by Crippen LogP contribution is -2.32. The lowest BCUT2D eigenvalue weighted by Gasteiger charge is -2.13. The van der Waals surface area contributed by atoms with Gasteiger partial charge in [0.1, 0.15) is 0 Å². The van der Waals surface area contributed by atoms with Crippen molar-refractivity contribution in [2.24, 2.45) is 0 Å². The fourth-order valence-corrected chi connectivity index (χ4v) is 3.00. The highest BCUT2D eigenvalue weighted by atomic mass is 79.9. The largest absolute Gasteiger partial charge is 0.240 e. The van der Waals surface area contributed by atoms with Crippen molar-refractivity contribution in [1.29, 1.82) is 0 Å². The van der Waals surface area contributed by atoms with Crippen LogP contribution in [-0.4, -0.2) is 14.5 Å². The molecule has 0 aliphatic heterocycles. The molecule has 1 aromatic carbocycles. The smallest absolute Gasteiger partial charge is 0.208 e. The predicted molar refractivity (Wildman–Crippen MR) is 73.5 cm³/mol. The Kier molecular flexibility index (Phi) is 4.91. The quantitative estimate of drug-likeness (QED) is 0.848. The van der Waals surface area contributed by atoms with Gasteiger partial charge in [-0.05, 0) is 44.0 Å². The molecular formula is C12H16BrNO2S. The van der Waals surface area contributed by atoms with E-state index in [0.717, 1.165) is 10.0 Å². The first-order valence-corrected chi connectivity index (χ1v) is 7.54. The van der Waals surface area contributed by atoms with Crippen LogP contribution in [0.25, 0.3) is 0 Å². The molecule has 1 rings (SSSR count). The third kappa shape index (κ3) is 3.94. The van der Waals surface area contributed by atoms with Gasteiger partial charge in [0.2, 0.25) is 10.0 Å². The van der Waals surface area contributed by atoms with Crippen LogP contribution >= 0.6 is 15.9 Å². The second kappa shape index (κ2) is 5.80. The van der Waals surface area contributed by atoms with Gasteiger partial charge in [0.05, 0.1) is 4.90 Å². The maximum Gasteiger partial charge on any atom is 0.240 e. The van der Waals surface area contributed by atoms with Crippen LogP contribution < -0.4 is 4.72 Å². The van der Waals surface area contributed by atoms with E-state index in [9.17, 15) is 8.42 Å². The van der Waals surface area contributed by atoms with E-state index in [4.69, 9.17) is 0 Å². The van der Waals surface area contributed by atoms with E-state index < -0.39 is 10.0 Å². The summed E-state index contributed by atoms with van der Waals surface area (Å²) < 4.78 is 27.5. The normalized spacial score (nSPS) is 13.4. The number of rotatable bonds is 5. The number of hydrogen-bond donors (Lipinski definition) is 1. The summed E-state index contributed by atoms with van der Waals surface area (Å²) in [7, 11) is -3.44. The van der Waals surface area contributed by atoms with Crippen LogP contribution in [0.3, 0.4) is 0 Å². The van der Waals surface area contributed by atoms with Gasteiger partial charge in [-0.25, -0.2) is 13.1 Å². The van der Waals surface area contributed by atoms with E-state index in [1.54, 1.807) is 24.3 Å². The molecule has 0 aromatic heterocycles. The summed E-state index contributed by atoms with van der Waals surface area (Å²) in [5.74, 6) is 0. The molecule has 0 radical (unpaired) electrons. The molecule has 0 aliphatic carbocycles. The Labute approximate surface area is 111 Å². The summed E-state index contributed by atoms with van der Waals surface area (Å²) in [5.41, 5.74) is 0.893. The van der Waals surface area contributed by atoms with Gasteiger partial charge >= 0.3 is 0 Å². The molecule has 5 heteroatoms. The van der Waals surface area contributed by atoms with E-state index in [-0.39, 0.29) is 10.9 Å². The number of nitrogens with one attached hydrogen (secondary N) is 1. The number of aryl methyl sites for hydroxylation is 1. The van der Waals surface area contributed by atoms with E-state index in [0.29, 0.717) is 6.42 Å². The molecule has 1 atom stereocenters. The van der Waals surface area contributed by atoms with Crippen molar-refractivity contribution >= 4 is 26.0 Å². The molecule has 0 bridgehead atoms. The lowest BCUT2D eigenvalue weighted by atomic mass is 10.2. The Hall–Kier alpha value is -0.650. The van der Waals surface area contributed by atoms with Crippen LogP contribution in [0.4, 0.5) is 0 Å². The predicted octanol–water partition coefficient (Wildman–Crippen LogP) is 3.00. The first-order chi connectivity index (χ1) is 7.86. The Bertz CT molecular complexity index is 511. The molecule has 3 nitrogen and oxygen atoms in total. The van der Waals surface area contributed by atoms with Gasteiger partial charge in [0.15, 0.2) is 0 Å². The summed E-state index contributed by atoms with van der Waals surface area (Å²) in [6.45, 7) is 7.26. The molecule has 1 aromatic rings. The average Bonchev–Trinajstić information content (AvgIpc) is 2.21. The SMILES string of the molecule is C=CCC(C)NS(=O)(=O)c1ccc(Br)c(C)c1. The minimum absolute atomic E-state index is 0.151. The molecule has 0 fully saturated rings. The zero-order valence-electron chi connectivity index (χ0n) is 9.90. The van der Waals surface area contributed by atoms with Gasteiger partial charge in [-0.1, -0.05) is 22.0 Å². The standard InChI is InChI=1S/C12H16BrNO2S/c1-4-5-10(3)14-17(15,16)11-6-7-12(13)9(2)8-11/h4,6-8,10,14H,1,5H2,2-3H3. The zero-order chi connectivity index (χ0) is 13.1. The van der Waals surface area contributed by atoms with Crippen molar-refractivity contribution < 1.29 is 8.42 Å². The highest BCUT2D eigenvalue weighted by molar-refractivity contribution is 9.10. The number of benzene rings is 1. The van der Waals surface area contributed by atoms with E-state index in [1.807, 2.05) is 13.8 Å². The maximum absolute atomic E-state index is 12.0. The first kappa shape index (κ1) is 14.4. The Morgan fingerprint density at radius 2 is 2.18 bits per heavy atom. The van der Waals surface area contributed by atoms with Gasteiger partial charge in [-0.15, -0.1) is 6.58 Å². The van der Waals surface area contributed by atoms with Crippen molar-refractivity contribution in [3.8, 4) is 0 Å². The Morgan fingerprint density at radius 3 is 2.71 bits per heavy atom. The van der Waals surface area contributed by atoms with E-state index in [1.165, 1.54) is 0 Å². The summed E-state index contributed by atoms with van der Waals surface area (Å²) in [5, 5.41) is 0. The molecule has 0 spiro atoms. The van der Waals surface area contributed by atoms with Gasteiger partial charge in [-0.3, -0.25) is 0 Å². The van der Waals surface area contributed by atoms with E-state index >= 15 is 0 Å². The first-order valence-electron chi connectivity index (χ1n) is 5.26. The number of hydrogen-bond acceptors (Lipinski definition) is 2. The van der Waals surface area contributed by atoms with Crippen molar-refractivity contribution in [2.75, 3.05) is 0 Å². The molecule has 0 aliphatic rings. The van der Waals surface area contributed by atoms with Gasteiger partial charge < -0.3 is 0 Å². The molecule has 0 amide bonds. The van der Waals surface area contributed by atoms with Crippen molar-refractivity contribution in [3.05, 3.63) is 40.9 Å². The molecule has 1 N–H and O–H groups in total. The number of halogens is 1. The maximum atomic E-state index is 12.0. The molecule has 0 saturated heterocycles. The second-order valence-electron chi connectivity index (χ2n) is 3.96.